The quantitative estimate of drug-likeness (QED) is 0.829. The van der Waals surface area contributed by atoms with Gasteiger partial charge in [0.25, 0.3) is 0 Å². The van der Waals surface area contributed by atoms with Crippen LogP contribution in [0.1, 0.15) is 17.7 Å². The Morgan fingerprint density at radius 3 is 2.96 bits per heavy atom. The summed E-state index contributed by atoms with van der Waals surface area (Å²) in [6, 6.07) is 4.02. The summed E-state index contributed by atoms with van der Waals surface area (Å²) in [6.07, 6.45) is 1.93. The topological polar surface area (TPSA) is 80.3 Å². The maximum absolute atomic E-state index is 11.9. The van der Waals surface area contributed by atoms with Gasteiger partial charge in [0.2, 0.25) is 0 Å². The van der Waals surface area contributed by atoms with Crippen molar-refractivity contribution in [3.63, 3.8) is 0 Å². The molecule has 0 radical (unpaired) electrons. The molecule has 1 aliphatic heterocycles. The number of hydrogen-bond donors (Lipinski definition) is 2. The van der Waals surface area contributed by atoms with E-state index in [2.05, 4.69) is 15.6 Å². The number of carbonyl (C=O) groups excluding carboxylic acids is 2. The van der Waals surface area contributed by atoms with Crippen LogP contribution in [0.4, 0.5) is 5.13 Å². The molecule has 8 heteroatoms. The number of hydrogen-bond acceptors (Lipinski definition) is 6. The number of anilines is 1. The molecule has 2 aromatic heterocycles. The molecule has 0 bridgehead atoms. The molecular weight excluding hydrogens is 334 g/mol. The Morgan fingerprint density at radius 2 is 2.26 bits per heavy atom. The average molecular weight is 351 g/mol. The largest absolute Gasteiger partial charge is 0.376 e. The summed E-state index contributed by atoms with van der Waals surface area (Å²) in [5.74, 6) is -1.37. The molecule has 6 nitrogen and oxygen atoms in total. The highest BCUT2D eigenvalue weighted by molar-refractivity contribution is 7.17. The fourth-order valence-corrected chi connectivity index (χ4v) is 3.87. The van der Waals surface area contributed by atoms with Crippen molar-refractivity contribution in [2.24, 2.45) is 0 Å². The average Bonchev–Trinajstić information content (AvgIpc) is 3.25. The zero-order chi connectivity index (χ0) is 16.2. The number of thiazole rings is 1. The van der Waals surface area contributed by atoms with Gasteiger partial charge in [-0.15, -0.1) is 22.7 Å². The van der Waals surface area contributed by atoms with Crippen LogP contribution in [0.5, 0.6) is 0 Å². The summed E-state index contributed by atoms with van der Waals surface area (Å²) in [5, 5.41) is 7.41. The van der Waals surface area contributed by atoms with Crippen molar-refractivity contribution in [2.45, 2.75) is 25.9 Å². The SMILES string of the molecule is Cc1ccc(-c2csc(NC(=O)C(=O)NC[C@@H]3CCCO3)n2)s1. The maximum atomic E-state index is 11.9. The van der Waals surface area contributed by atoms with E-state index in [1.807, 2.05) is 24.4 Å². The van der Waals surface area contributed by atoms with Gasteiger partial charge in [-0.25, -0.2) is 4.98 Å². The van der Waals surface area contributed by atoms with Crippen molar-refractivity contribution in [3.8, 4) is 10.6 Å². The number of rotatable bonds is 4. The number of aromatic nitrogens is 1. The molecule has 2 aromatic rings. The number of aryl methyl sites for hydroxylation is 1. The number of carbonyl (C=O) groups is 2. The van der Waals surface area contributed by atoms with Crippen LogP contribution < -0.4 is 10.6 Å². The Morgan fingerprint density at radius 1 is 1.39 bits per heavy atom. The van der Waals surface area contributed by atoms with Gasteiger partial charge in [-0.2, -0.15) is 0 Å². The number of thiophene rings is 1. The Hall–Kier alpha value is -1.77. The summed E-state index contributed by atoms with van der Waals surface area (Å²) in [6.45, 7) is 3.11. The Bertz CT molecular complexity index is 704. The third kappa shape index (κ3) is 4.15. The fraction of sp³-hybridized carbons (Fsp3) is 0.400. The van der Waals surface area contributed by atoms with Gasteiger partial charge in [0.1, 0.15) is 0 Å². The zero-order valence-corrected chi connectivity index (χ0v) is 14.3. The molecule has 0 aromatic carbocycles. The molecule has 2 amide bonds. The van der Waals surface area contributed by atoms with Gasteiger partial charge >= 0.3 is 11.8 Å². The first-order chi connectivity index (χ1) is 11.1. The third-order valence-corrected chi connectivity index (χ3v) is 5.22. The second-order valence-corrected chi connectivity index (χ2v) is 7.39. The second-order valence-electron chi connectivity index (χ2n) is 5.25. The monoisotopic (exact) mass is 351 g/mol. The molecule has 0 aliphatic carbocycles. The molecule has 122 valence electrons. The van der Waals surface area contributed by atoms with Crippen LogP contribution in [-0.4, -0.2) is 36.1 Å². The molecule has 0 spiro atoms. The highest BCUT2D eigenvalue weighted by Gasteiger charge is 2.20. The van der Waals surface area contributed by atoms with Gasteiger partial charge in [-0.05, 0) is 31.9 Å². The smallest absolute Gasteiger partial charge is 0.315 e. The molecule has 23 heavy (non-hydrogen) atoms. The van der Waals surface area contributed by atoms with Crippen LogP contribution >= 0.6 is 22.7 Å². The maximum Gasteiger partial charge on any atom is 0.315 e. The standard InChI is InChI=1S/C15H17N3O3S2/c1-9-4-5-12(23-9)11-8-22-15(17-11)18-14(20)13(19)16-7-10-3-2-6-21-10/h4-5,8,10H,2-3,6-7H2,1H3,(H,16,19)(H,17,18,20)/t10-/m0/s1. The molecular formula is C15H17N3O3S2. The van der Waals surface area contributed by atoms with Gasteiger partial charge in [0, 0.05) is 23.4 Å². The first-order valence-corrected chi connectivity index (χ1v) is 9.04. The van der Waals surface area contributed by atoms with Crippen molar-refractivity contribution in [1.29, 1.82) is 0 Å². The van der Waals surface area contributed by atoms with Crippen molar-refractivity contribution >= 4 is 39.6 Å². The van der Waals surface area contributed by atoms with Crippen LogP contribution in [-0.2, 0) is 14.3 Å². The van der Waals surface area contributed by atoms with E-state index in [9.17, 15) is 9.59 Å². The second kappa shape index (κ2) is 7.20. The lowest BCUT2D eigenvalue weighted by atomic mass is 10.2. The van der Waals surface area contributed by atoms with E-state index >= 15 is 0 Å². The zero-order valence-electron chi connectivity index (χ0n) is 12.6. The van der Waals surface area contributed by atoms with E-state index in [1.54, 1.807) is 11.3 Å². The van der Waals surface area contributed by atoms with E-state index < -0.39 is 11.8 Å². The van der Waals surface area contributed by atoms with Crippen LogP contribution in [0, 0.1) is 6.92 Å². The number of ether oxygens (including phenoxy) is 1. The summed E-state index contributed by atoms with van der Waals surface area (Å²) >= 11 is 2.94. The van der Waals surface area contributed by atoms with Gasteiger partial charge in [-0.3, -0.25) is 14.9 Å². The summed E-state index contributed by atoms with van der Waals surface area (Å²) in [5.41, 5.74) is 0.808. The van der Waals surface area contributed by atoms with Gasteiger partial charge in [0.05, 0.1) is 16.7 Å². The van der Waals surface area contributed by atoms with E-state index in [0.29, 0.717) is 11.7 Å². The van der Waals surface area contributed by atoms with Crippen LogP contribution in [0.15, 0.2) is 17.5 Å². The molecule has 1 saturated heterocycles. The van der Waals surface area contributed by atoms with E-state index in [-0.39, 0.29) is 6.10 Å². The van der Waals surface area contributed by atoms with E-state index in [4.69, 9.17) is 4.74 Å². The molecule has 0 saturated carbocycles. The minimum Gasteiger partial charge on any atom is -0.376 e. The Labute approximate surface area is 141 Å². The van der Waals surface area contributed by atoms with Crippen LogP contribution in [0.25, 0.3) is 10.6 Å². The first-order valence-electron chi connectivity index (χ1n) is 7.35. The summed E-state index contributed by atoms with van der Waals surface area (Å²) in [7, 11) is 0. The van der Waals surface area contributed by atoms with Crippen LogP contribution in [0.3, 0.4) is 0 Å². The normalized spacial score (nSPS) is 17.2. The van der Waals surface area contributed by atoms with E-state index in [1.165, 1.54) is 16.2 Å². The Balaban J connectivity index is 1.53. The molecule has 3 rings (SSSR count). The highest BCUT2D eigenvalue weighted by atomic mass is 32.1. The molecule has 3 heterocycles. The third-order valence-electron chi connectivity index (χ3n) is 3.44. The predicted molar refractivity (Wildman–Crippen MR) is 90.8 cm³/mol. The van der Waals surface area contributed by atoms with E-state index in [0.717, 1.165) is 30.0 Å². The molecule has 1 atom stereocenters. The van der Waals surface area contributed by atoms with Crippen molar-refractivity contribution < 1.29 is 14.3 Å². The summed E-state index contributed by atoms with van der Waals surface area (Å²) in [4.78, 5) is 30.2. The summed E-state index contributed by atoms with van der Waals surface area (Å²) < 4.78 is 5.40. The minimum atomic E-state index is -0.703. The highest BCUT2D eigenvalue weighted by Crippen LogP contribution is 2.30. The van der Waals surface area contributed by atoms with Crippen molar-refractivity contribution in [3.05, 3.63) is 22.4 Å². The minimum absolute atomic E-state index is 0.0142. The lowest BCUT2D eigenvalue weighted by molar-refractivity contribution is -0.136. The van der Waals surface area contributed by atoms with Crippen molar-refractivity contribution in [1.82, 2.24) is 10.3 Å². The molecule has 0 unspecified atom stereocenters. The van der Waals surface area contributed by atoms with Crippen molar-refractivity contribution in [2.75, 3.05) is 18.5 Å². The molecule has 2 N–H and O–H groups in total. The van der Waals surface area contributed by atoms with Gasteiger partial charge < -0.3 is 10.1 Å². The lowest BCUT2D eigenvalue weighted by Gasteiger charge is -2.09. The molecule has 1 fully saturated rings. The fourth-order valence-electron chi connectivity index (χ4n) is 2.26. The van der Waals surface area contributed by atoms with Gasteiger partial charge in [-0.1, -0.05) is 0 Å². The molecule has 1 aliphatic rings. The Kier molecular flexibility index (Phi) is 5.04. The van der Waals surface area contributed by atoms with Gasteiger partial charge in [0.15, 0.2) is 5.13 Å². The number of nitrogens with one attached hydrogen (secondary N) is 2. The predicted octanol–water partition coefficient (Wildman–Crippen LogP) is 2.41. The lowest BCUT2D eigenvalue weighted by Crippen LogP contribution is -2.39. The first kappa shape index (κ1) is 16.1. The number of amides is 2. The number of nitrogens with zero attached hydrogens (tertiary/aromatic N) is 1. The van der Waals surface area contributed by atoms with Crippen LogP contribution in [0.2, 0.25) is 0 Å².